The predicted octanol–water partition coefficient (Wildman–Crippen LogP) is 3.13. The van der Waals surface area contributed by atoms with Crippen molar-refractivity contribution in [3.63, 3.8) is 0 Å². The summed E-state index contributed by atoms with van der Waals surface area (Å²) >= 11 is 5.91. The predicted molar refractivity (Wildman–Crippen MR) is 88.3 cm³/mol. The SMILES string of the molecule is CC(Oc1cc(-c2ccc(Cl)cc2)nn1N)N1CCCCC1. The number of nitrogens with zero attached hydrogens (tertiary/aromatic N) is 3. The van der Waals surface area contributed by atoms with E-state index in [1.54, 1.807) is 0 Å². The molecule has 118 valence electrons. The van der Waals surface area contributed by atoms with Crippen LogP contribution in [0, 0.1) is 0 Å². The lowest BCUT2D eigenvalue weighted by atomic mass is 10.1. The second-order valence-corrected chi connectivity index (χ2v) is 6.07. The highest BCUT2D eigenvalue weighted by Crippen LogP contribution is 2.25. The molecule has 1 atom stereocenters. The van der Waals surface area contributed by atoms with E-state index in [-0.39, 0.29) is 6.23 Å². The van der Waals surface area contributed by atoms with Crippen LogP contribution < -0.4 is 10.6 Å². The molecule has 0 saturated carbocycles. The summed E-state index contributed by atoms with van der Waals surface area (Å²) in [4.78, 5) is 3.63. The van der Waals surface area contributed by atoms with Gasteiger partial charge >= 0.3 is 0 Å². The molecular weight excluding hydrogens is 300 g/mol. The highest BCUT2D eigenvalue weighted by molar-refractivity contribution is 6.30. The number of rotatable bonds is 4. The Kier molecular flexibility index (Phi) is 4.55. The van der Waals surface area contributed by atoms with Crippen LogP contribution in [0.1, 0.15) is 26.2 Å². The zero-order valence-electron chi connectivity index (χ0n) is 12.7. The second kappa shape index (κ2) is 6.58. The van der Waals surface area contributed by atoms with Crippen LogP contribution in [-0.2, 0) is 0 Å². The molecule has 1 saturated heterocycles. The molecule has 2 heterocycles. The quantitative estimate of drug-likeness (QED) is 0.879. The van der Waals surface area contributed by atoms with Crippen molar-refractivity contribution in [3.8, 4) is 17.1 Å². The van der Waals surface area contributed by atoms with Gasteiger partial charge < -0.3 is 10.6 Å². The van der Waals surface area contributed by atoms with Gasteiger partial charge in [-0.3, -0.25) is 4.90 Å². The Hall–Kier alpha value is -1.72. The molecular formula is C16H21ClN4O. The molecule has 6 heteroatoms. The second-order valence-electron chi connectivity index (χ2n) is 5.63. The third-order valence-electron chi connectivity index (χ3n) is 4.04. The van der Waals surface area contributed by atoms with Crippen molar-refractivity contribution in [2.24, 2.45) is 0 Å². The van der Waals surface area contributed by atoms with Crippen LogP contribution in [0.15, 0.2) is 30.3 Å². The van der Waals surface area contributed by atoms with Crippen molar-refractivity contribution < 1.29 is 4.74 Å². The number of benzene rings is 1. The smallest absolute Gasteiger partial charge is 0.234 e. The van der Waals surface area contributed by atoms with Crippen molar-refractivity contribution in [3.05, 3.63) is 35.4 Å². The third-order valence-corrected chi connectivity index (χ3v) is 4.29. The van der Waals surface area contributed by atoms with Crippen molar-refractivity contribution in [2.75, 3.05) is 18.9 Å². The summed E-state index contributed by atoms with van der Waals surface area (Å²) in [6, 6.07) is 9.38. The van der Waals surface area contributed by atoms with Crippen molar-refractivity contribution >= 4 is 11.6 Å². The molecule has 0 bridgehead atoms. The average molecular weight is 321 g/mol. The minimum atomic E-state index is -0.00244. The first-order chi connectivity index (χ1) is 10.6. The Morgan fingerprint density at radius 3 is 2.55 bits per heavy atom. The molecule has 1 aromatic heterocycles. The monoisotopic (exact) mass is 320 g/mol. The van der Waals surface area contributed by atoms with Crippen LogP contribution in [0.4, 0.5) is 0 Å². The van der Waals surface area contributed by atoms with Gasteiger partial charge in [0.05, 0.1) is 5.69 Å². The van der Waals surface area contributed by atoms with E-state index in [9.17, 15) is 0 Å². The van der Waals surface area contributed by atoms with Crippen LogP contribution in [0.25, 0.3) is 11.3 Å². The fraction of sp³-hybridized carbons (Fsp3) is 0.438. The van der Waals surface area contributed by atoms with Gasteiger partial charge in [0, 0.05) is 29.7 Å². The van der Waals surface area contributed by atoms with Gasteiger partial charge in [-0.2, -0.15) is 0 Å². The minimum absolute atomic E-state index is 0.00244. The number of hydrogen-bond donors (Lipinski definition) is 1. The van der Waals surface area contributed by atoms with Crippen LogP contribution in [-0.4, -0.2) is 34.1 Å². The van der Waals surface area contributed by atoms with Gasteiger partial charge in [-0.25, -0.2) is 0 Å². The number of nitrogens with two attached hydrogens (primary N) is 1. The molecule has 1 aliphatic heterocycles. The maximum atomic E-state index is 5.99. The van der Waals surface area contributed by atoms with Crippen LogP contribution >= 0.6 is 11.6 Å². The normalized spacial score (nSPS) is 17.4. The van der Waals surface area contributed by atoms with Crippen LogP contribution in [0.3, 0.4) is 0 Å². The van der Waals surface area contributed by atoms with Gasteiger partial charge in [0.15, 0.2) is 6.23 Å². The summed E-state index contributed by atoms with van der Waals surface area (Å²) < 4.78 is 5.99. The van der Waals surface area contributed by atoms with Crippen molar-refractivity contribution in [1.82, 2.24) is 14.8 Å². The zero-order valence-corrected chi connectivity index (χ0v) is 13.5. The molecule has 1 aliphatic rings. The molecule has 1 unspecified atom stereocenters. The van der Waals surface area contributed by atoms with Crippen LogP contribution in [0.2, 0.25) is 5.02 Å². The molecule has 22 heavy (non-hydrogen) atoms. The molecule has 0 aliphatic carbocycles. The van der Waals surface area contributed by atoms with Gasteiger partial charge in [0.25, 0.3) is 0 Å². The largest absolute Gasteiger partial charge is 0.458 e. The first-order valence-electron chi connectivity index (χ1n) is 7.65. The molecule has 0 radical (unpaired) electrons. The highest BCUT2D eigenvalue weighted by Gasteiger charge is 2.20. The molecule has 1 aromatic carbocycles. The van der Waals surface area contributed by atoms with E-state index in [1.807, 2.05) is 30.3 Å². The average Bonchev–Trinajstić information content (AvgIpc) is 2.90. The number of hydrogen-bond acceptors (Lipinski definition) is 4. The summed E-state index contributed by atoms with van der Waals surface area (Å²) in [7, 11) is 0. The summed E-state index contributed by atoms with van der Waals surface area (Å²) in [5, 5.41) is 5.02. The number of piperidine rings is 1. The first kappa shape index (κ1) is 15.2. The van der Waals surface area contributed by atoms with E-state index in [0.717, 1.165) is 24.3 Å². The van der Waals surface area contributed by atoms with Gasteiger partial charge in [-0.15, -0.1) is 9.89 Å². The summed E-state index contributed by atoms with van der Waals surface area (Å²) in [5.74, 6) is 6.49. The zero-order chi connectivity index (χ0) is 15.5. The fourth-order valence-electron chi connectivity index (χ4n) is 2.76. The number of nitrogen functional groups attached to an aromatic ring is 1. The van der Waals surface area contributed by atoms with Crippen molar-refractivity contribution in [1.29, 1.82) is 0 Å². The van der Waals surface area contributed by atoms with E-state index in [4.69, 9.17) is 22.2 Å². The molecule has 0 amide bonds. The standard InChI is InChI=1S/C16H21ClN4O/c1-12(20-9-3-2-4-10-20)22-16-11-15(19-21(16)18)13-5-7-14(17)8-6-13/h5-8,11-12H,2-4,9-10,18H2,1H3. The molecule has 2 N–H and O–H groups in total. The molecule has 3 rings (SSSR count). The van der Waals surface area contributed by atoms with Gasteiger partial charge in [0.1, 0.15) is 0 Å². The minimum Gasteiger partial charge on any atom is -0.458 e. The van der Waals surface area contributed by atoms with Gasteiger partial charge in [-0.05, 0) is 31.9 Å². The van der Waals surface area contributed by atoms with E-state index >= 15 is 0 Å². The molecule has 2 aromatic rings. The Balaban J connectivity index is 1.73. The molecule has 0 spiro atoms. The lowest BCUT2D eigenvalue weighted by Gasteiger charge is -2.31. The van der Waals surface area contributed by atoms with Crippen molar-refractivity contribution in [2.45, 2.75) is 32.4 Å². The molecule has 5 nitrogen and oxygen atoms in total. The number of aromatic nitrogens is 2. The number of halogens is 1. The summed E-state index contributed by atoms with van der Waals surface area (Å²) in [6.07, 6.45) is 3.76. The van der Waals surface area contributed by atoms with Gasteiger partial charge in [0.2, 0.25) is 5.88 Å². The van der Waals surface area contributed by atoms with E-state index in [0.29, 0.717) is 10.9 Å². The molecule has 1 fully saturated rings. The fourth-order valence-corrected chi connectivity index (χ4v) is 2.88. The summed E-state index contributed by atoms with van der Waals surface area (Å²) in [5.41, 5.74) is 1.74. The lowest BCUT2D eigenvalue weighted by Crippen LogP contribution is -2.41. The Labute approximate surface area is 135 Å². The van der Waals surface area contributed by atoms with E-state index < -0.39 is 0 Å². The first-order valence-corrected chi connectivity index (χ1v) is 8.03. The van der Waals surface area contributed by atoms with E-state index in [1.165, 1.54) is 24.1 Å². The Morgan fingerprint density at radius 1 is 1.18 bits per heavy atom. The highest BCUT2D eigenvalue weighted by atomic mass is 35.5. The topological polar surface area (TPSA) is 56.3 Å². The summed E-state index contributed by atoms with van der Waals surface area (Å²) in [6.45, 7) is 4.20. The maximum absolute atomic E-state index is 5.99. The third kappa shape index (κ3) is 3.36. The Bertz CT molecular complexity index is 620. The lowest BCUT2D eigenvalue weighted by molar-refractivity contribution is 0.0207. The van der Waals surface area contributed by atoms with E-state index in [2.05, 4.69) is 16.9 Å². The number of likely N-dealkylation sites (tertiary alicyclic amines) is 1. The van der Waals surface area contributed by atoms with Crippen LogP contribution in [0.5, 0.6) is 5.88 Å². The Morgan fingerprint density at radius 2 is 1.86 bits per heavy atom. The number of ether oxygens (including phenoxy) is 1. The maximum Gasteiger partial charge on any atom is 0.234 e. The van der Waals surface area contributed by atoms with Gasteiger partial charge in [-0.1, -0.05) is 30.2 Å².